The summed E-state index contributed by atoms with van der Waals surface area (Å²) in [5, 5.41) is 10.7. The number of ether oxygens (including phenoxy) is 2. The van der Waals surface area contributed by atoms with Gasteiger partial charge in [0.2, 0.25) is 5.88 Å². The molecule has 2 amide bonds. The average Bonchev–Trinajstić information content (AvgIpc) is 3.12. The van der Waals surface area contributed by atoms with Crippen LogP contribution in [-0.2, 0) is 6.42 Å². The minimum absolute atomic E-state index is 0.0379. The van der Waals surface area contributed by atoms with Crippen LogP contribution in [0.3, 0.4) is 0 Å². The zero-order valence-corrected chi connectivity index (χ0v) is 14.2. The summed E-state index contributed by atoms with van der Waals surface area (Å²) >= 11 is 0. The molecule has 1 aromatic carbocycles. The highest BCUT2D eigenvalue weighted by Crippen LogP contribution is 2.16. The van der Waals surface area contributed by atoms with Crippen molar-refractivity contribution in [3.05, 3.63) is 48.2 Å². The van der Waals surface area contributed by atoms with Crippen LogP contribution in [0.15, 0.2) is 42.6 Å². The van der Waals surface area contributed by atoms with Gasteiger partial charge in [-0.3, -0.25) is 0 Å². The van der Waals surface area contributed by atoms with Crippen LogP contribution in [-0.4, -0.2) is 54.0 Å². The van der Waals surface area contributed by atoms with Crippen LogP contribution in [0.25, 0.3) is 0 Å². The molecule has 0 saturated carbocycles. The van der Waals surface area contributed by atoms with Gasteiger partial charge in [0.25, 0.3) is 0 Å². The first-order chi connectivity index (χ1) is 12.2. The van der Waals surface area contributed by atoms with Gasteiger partial charge in [-0.15, -0.1) is 5.10 Å². The number of benzene rings is 1. The summed E-state index contributed by atoms with van der Waals surface area (Å²) in [5.74, 6) is 1.33. The van der Waals surface area contributed by atoms with E-state index in [-0.39, 0.29) is 12.1 Å². The Bertz CT molecular complexity index is 678. The van der Waals surface area contributed by atoms with Crippen LogP contribution in [0.5, 0.6) is 11.6 Å². The maximum atomic E-state index is 12.2. The maximum absolute atomic E-state index is 12.2. The number of nitrogens with zero attached hydrogens (tertiary/aromatic N) is 3. The maximum Gasteiger partial charge on any atom is 0.317 e. The van der Waals surface area contributed by atoms with Crippen LogP contribution in [0.1, 0.15) is 12.0 Å². The third-order valence-electron chi connectivity index (χ3n) is 4.12. The van der Waals surface area contributed by atoms with E-state index in [1.807, 2.05) is 24.3 Å². The lowest BCUT2D eigenvalue weighted by molar-refractivity contribution is 0.182. The number of carbonyl (C=O) groups is 1. The molecule has 0 aliphatic carbocycles. The second-order valence-corrected chi connectivity index (χ2v) is 5.87. The summed E-state index contributed by atoms with van der Waals surface area (Å²) in [5.41, 5.74) is 1.16. The Balaban J connectivity index is 1.40. The van der Waals surface area contributed by atoms with E-state index >= 15 is 0 Å². The van der Waals surface area contributed by atoms with Crippen LogP contribution in [0.2, 0.25) is 0 Å². The number of carbonyl (C=O) groups excluding carboxylic acids is 1. The van der Waals surface area contributed by atoms with Crippen LogP contribution in [0.4, 0.5) is 4.79 Å². The van der Waals surface area contributed by atoms with Gasteiger partial charge in [0.05, 0.1) is 13.7 Å². The SMILES string of the molecule is COc1ccc(CCNC(=O)N2CC[C@H](Oc3cccnn3)C2)cc1. The first kappa shape index (κ1) is 17.0. The van der Waals surface area contributed by atoms with Gasteiger partial charge in [0.15, 0.2) is 0 Å². The molecule has 3 rings (SSSR count). The fourth-order valence-electron chi connectivity index (χ4n) is 2.75. The number of nitrogens with one attached hydrogen (secondary N) is 1. The topological polar surface area (TPSA) is 76.6 Å². The average molecular weight is 342 g/mol. The molecule has 0 radical (unpaired) electrons. The number of urea groups is 1. The molecule has 1 aliphatic heterocycles. The molecule has 2 heterocycles. The molecule has 7 nitrogen and oxygen atoms in total. The first-order valence-corrected chi connectivity index (χ1v) is 8.34. The summed E-state index contributed by atoms with van der Waals surface area (Å²) in [6.07, 6.45) is 3.14. The van der Waals surface area contributed by atoms with E-state index in [1.54, 1.807) is 30.3 Å². The van der Waals surface area contributed by atoms with Crippen molar-refractivity contribution in [2.45, 2.75) is 18.9 Å². The Labute approximate surface area is 147 Å². The third kappa shape index (κ3) is 4.82. The van der Waals surface area contributed by atoms with Gasteiger partial charge in [0.1, 0.15) is 11.9 Å². The monoisotopic (exact) mass is 342 g/mol. The highest BCUT2D eigenvalue weighted by Gasteiger charge is 2.27. The van der Waals surface area contributed by atoms with E-state index in [4.69, 9.17) is 9.47 Å². The van der Waals surface area contributed by atoms with E-state index < -0.39 is 0 Å². The summed E-state index contributed by atoms with van der Waals surface area (Å²) in [6, 6.07) is 11.3. The lowest BCUT2D eigenvalue weighted by Gasteiger charge is -2.17. The number of hydrogen-bond donors (Lipinski definition) is 1. The summed E-state index contributed by atoms with van der Waals surface area (Å²) in [6.45, 7) is 1.83. The molecule has 1 atom stereocenters. The smallest absolute Gasteiger partial charge is 0.317 e. The molecule has 0 spiro atoms. The van der Waals surface area contributed by atoms with Crippen molar-refractivity contribution in [1.29, 1.82) is 0 Å². The molecule has 25 heavy (non-hydrogen) atoms. The lowest BCUT2D eigenvalue weighted by Crippen LogP contribution is -2.40. The predicted molar refractivity (Wildman–Crippen MR) is 92.7 cm³/mol. The van der Waals surface area contributed by atoms with Gasteiger partial charge < -0.3 is 19.7 Å². The number of hydrogen-bond acceptors (Lipinski definition) is 5. The van der Waals surface area contributed by atoms with Gasteiger partial charge in [-0.25, -0.2) is 4.79 Å². The Morgan fingerprint density at radius 3 is 2.88 bits per heavy atom. The predicted octanol–water partition coefficient (Wildman–Crippen LogP) is 1.89. The number of methoxy groups -OCH3 is 1. The first-order valence-electron chi connectivity index (χ1n) is 8.34. The molecule has 0 unspecified atom stereocenters. The van der Waals surface area contributed by atoms with E-state index in [0.29, 0.717) is 25.5 Å². The fourth-order valence-corrected chi connectivity index (χ4v) is 2.75. The molecule has 1 saturated heterocycles. The van der Waals surface area contributed by atoms with E-state index in [2.05, 4.69) is 15.5 Å². The highest BCUT2D eigenvalue weighted by atomic mass is 16.5. The lowest BCUT2D eigenvalue weighted by atomic mass is 10.1. The largest absolute Gasteiger partial charge is 0.497 e. The number of amides is 2. The van der Waals surface area contributed by atoms with Gasteiger partial charge in [0, 0.05) is 31.8 Å². The normalized spacial score (nSPS) is 16.5. The Morgan fingerprint density at radius 1 is 1.32 bits per heavy atom. The zero-order valence-electron chi connectivity index (χ0n) is 14.2. The van der Waals surface area contributed by atoms with Crippen molar-refractivity contribution in [1.82, 2.24) is 20.4 Å². The molecule has 1 fully saturated rings. The molecule has 1 N–H and O–H groups in total. The summed E-state index contributed by atoms with van der Waals surface area (Å²) < 4.78 is 10.9. The standard InChI is InChI=1S/C18H22N4O3/c1-24-15-6-4-14(5-7-15)8-11-19-18(23)22-12-9-16(13-22)25-17-3-2-10-20-21-17/h2-7,10,16H,8-9,11-13H2,1H3,(H,19,23)/t16-/m0/s1. The fraction of sp³-hybridized carbons (Fsp3) is 0.389. The second kappa shape index (κ2) is 8.32. The van der Waals surface area contributed by atoms with E-state index in [0.717, 1.165) is 24.2 Å². The minimum atomic E-state index is -0.0567. The minimum Gasteiger partial charge on any atom is -0.497 e. The molecule has 0 bridgehead atoms. The molecule has 1 aliphatic rings. The van der Waals surface area contributed by atoms with Crippen molar-refractivity contribution in [3.8, 4) is 11.6 Å². The molecule has 7 heteroatoms. The molecular weight excluding hydrogens is 320 g/mol. The quantitative estimate of drug-likeness (QED) is 0.867. The Kier molecular flexibility index (Phi) is 5.66. The summed E-state index contributed by atoms with van der Waals surface area (Å²) in [4.78, 5) is 14.0. The van der Waals surface area contributed by atoms with Gasteiger partial charge in [-0.05, 0) is 30.2 Å². The van der Waals surface area contributed by atoms with Crippen molar-refractivity contribution in [2.75, 3.05) is 26.7 Å². The van der Waals surface area contributed by atoms with Crippen molar-refractivity contribution in [2.24, 2.45) is 0 Å². The zero-order chi connectivity index (χ0) is 17.5. The Hall–Kier alpha value is -2.83. The van der Waals surface area contributed by atoms with Gasteiger partial charge in [-0.1, -0.05) is 12.1 Å². The van der Waals surface area contributed by atoms with Crippen molar-refractivity contribution >= 4 is 6.03 Å². The van der Waals surface area contributed by atoms with Gasteiger partial charge in [-0.2, -0.15) is 5.10 Å². The molecular formula is C18H22N4O3. The Morgan fingerprint density at radius 2 is 2.16 bits per heavy atom. The van der Waals surface area contributed by atoms with E-state index in [1.165, 1.54) is 0 Å². The van der Waals surface area contributed by atoms with Crippen LogP contribution < -0.4 is 14.8 Å². The summed E-state index contributed by atoms with van der Waals surface area (Å²) in [7, 11) is 1.65. The van der Waals surface area contributed by atoms with Crippen LogP contribution in [0, 0.1) is 0 Å². The number of likely N-dealkylation sites (tertiary alicyclic amines) is 1. The van der Waals surface area contributed by atoms with Crippen molar-refractivity contribution in [3.63, 3.8) is 0 Å². The number of rotatable bonds is 6. The number of aromatic nitrogens is 2. The highest BCUT2D eigenvalue weighted by molar-refractivity contribution is 5.74. The molecule has 132 valence electrons. The van der Waals surface area contributed by atoms with Crippen LogP contribution >= 0.6 is 0 Å². The van der Waals surface area contributed by atoms with E-state index in [9.17, 15) is 4.79 Å². The third-order valence-corrected chi connectivity index (χ3v) is 4.12. The molecule has 2 aromatic rings. The molecule has 1 aromatic heterocycles. The van der Waals surface area contributed by atoms with Crippen molar-refractivity contribution < 1.29 is 14.3 Å². The second-order valence-electron chi connectivity index (χ2n) is 5.87. The van der Waals surface area contributed by atoms with Gasteiger partial charge >= 0.3 is 6.03 Å².